The van der Waals surface area contributed by atoms with Gasteiger partial charge in [-0.1, -0.05) is 13.8 Å². The highest BCUT2D eigenvalue weighted by Crippen LogP contribution is 2.31. The van der Waals surface area contributed by atoms with Crippen molar-refractivity contribution in [2.24, 2.45) is 0 Å². The van der Waals surface area contributed by atoms with Crippen LogP contribution in [0.25, 0.3) is 0 Å². The highest BCUT2D eigenvalue weighted by Gasteiger charge is 2.17. The third kappa shape index (κ3) is 4.24. The van der Waals surface area contributed by atoms with E-state index in [-0.39, 0.29) is 6.61 Å². The van der Waals surface area contributed by atoms with Gasteiger partial charge in [0.1, 0.15) is 6.33 Å². The predicted octanol–water partition coefficient (Wildman–Crippen LogP) is 1.52. The van der Waals surface area contributed by atoms with Gasteiger partial charge in [-0.25, -0.2) is 9.97 Å². The van der Waals surface area contributed by atoms with Gasteiger partial charge in [0.2, 0.25) is 5.75 Å². The van der Waals surface area contributed by atoms with Gasteiger partial charge in [0.15, 0.2) is 11.6 Å². The standard InChI is InChI=1S/C13H24N4O2/c1-4-6-14-12-11(19-3)13(16-10-15-12)17(7-5-2)8-9-18/h10,18H,4-9H2,1-3H3,(H,14,15,16). The molecule has 0 amide bonds. The summed E-state index contributed by atoms with van der Waals surface area (Å²) in [5.41, 5.74) is 0. The molecule has 0 saturated heterocycles. The first-order valence-electron chi connectivity index (χ1n) is 6.77. The Morgan fingerprint density at radius 2 is 2.05 bits per heavy atom. The van der Waals surface area contributed by atoms with Gasteiger partial charge < -0.3 is 20.1 Å². The Balaban J connectivity index is 3.02. The lowest BCUT2D eigenvalue weighted by atomic mass is 10.3. The number of anilines is 2. The number of hydrogen-bond acceptors (Lipinski definition) is 6. The smallest absolute Gasteiger partial charge is 0.204 e. The third-order valence-corrected chi connectivity index (χ3v) is 2.69. The first-order chi connectivity index (χ1) is 9.28. The topological polar surface area (TPSA) is 70.5 Å². The second-order valence-corrected chi connectivity index (χ2v) is 4.22. The lowest BCUT2D eigenvalue weighted by Crippen LogP contribution is -2.29. The maximum Gasteiger partial charge on any atom is 0.204 e. The molecule has 0 saturated carbocycles. The van der Waals surface area contributed by atoms with E-state index in [9.17, 15) is 0 Å². The summed E-state index contributed by atoms with van der Waals surface area (Å²) in [6, 6.07) is 0. The summed E-state index contributed by atoms with van der Waals surface area (Å²) in [5.74, 6) is 2.07. The van der Waals surface area contributed by atoms with Gasteiger partial charge in [-0.05, 0) is 12.8 Å². The predicted molar refractivity (Wildman–Crippen MR) is 77.0 cm³/mol. The lowest BCUT2D eigenvalue weighted by molar-refractivity contribution is 0.300. The van der Waals surface area contributed by atoms with Crippen molar-refractivity contribution in [3.05, 3.63) is 6.33 Å². The van der Waals surface area contributed by atoms with Crippen molar-refractivity contribution in [1.29, 1.82) is 0 Å². The molecule has 1 aromatic rings. The lowest BCUT2D eigenvalue weighted by Gasteiger charge is -2.24. The monoisotopic (exact) mass is 268 g/mol. The van der Waals surface area contributed by atoms with E-state index in [0.29, 0.717) is 18.1 Å². The Bertz CT molecular complexity index is 368. The molecule has 2 N–H and O–H groups in total. The van der Waals surface area contributed by atoms with Crippen molar-refractivity contribution in [2.75, 3.05) is 43.6 Å². The number of aliphatic hydroxyl groups is 1. The van der Waals surface area contributed by atoms with E-state index in [1.165, 1.54) is 6.33 Å². The molecule has 6 nitrogen and oxygen atoms in total. The Labute approximate surface area is 114 Å². The van der Waals surface area contributed by atoms with Crippen molar-refractivity contribution < 1.29 is 9.84 Å². The van der Waals surface area contributed by atoms with E-state index in [2.05, 4.69) is 29.1 Å². The molecule has 1 aromatic heterocycles. The molecule has 0 aromatic carbocycles. The van der Waals surface area contributed by atoms with Crippen LogP contribution in [0.4, 0.5) is 11.6 Å². The summed E-state index contributed by atoms with van der Waals surface area (Å²) in [6.45, 7) is 6.46. The van der Waals surface area contributed by atoms with E-state index in [1.807, 2.05) is 4.90 Å². The molecule has 0 fully saturated rings. The fourth-order valence-electron chi connectivity index (χ4n) is 1.86. The maximum absolute atomic E-state index is 9.16. The van der Waals surface area contributed by atoms with Crippen molar-refractivity contribution in [1.82, 2.24) is 9.97 Å². The van der Waals surface area contributed by atoms with Gasteiger partial charge in [0.25, 0.3) is 0 Å². The molecule has 0 radical (unpaired) electrons. The summed E-state index contributed by atoms with van der Waals surface area (Å²) in [6.07, 6.45) is 3.51. The van der Waals surface area contributed by atoms with Gasteiger partial charge in [0.05, 0.1) is 13.7 Å². The molecule has 0 bridgehead atoms. The highest BCUT2D eigenvalue weighted by molar-refractivity contribution is 5.64. The number of aromatic nitrogens is 2. The minimum Gasteiger partial charge on any atom is -0.490 e. The summed E-state index contributed by atoms with van der Waals surface area (Å²) in [4.78, 5) is 10.5. The molecule has 1 rings (SSSR count). The van der Waals surface area contributed by atoms with Gasteiger partial charge in [-0.15, -0.1) is 0 Å². The average molecular weight is 268 g/mol. The Morgan fingerprint density at radius 1 is 1.26 bits per heavy atom. The summed E-state index contributed by atoms with van der Waals surface area (Å²) in [7, 11) is 1.61. The van der Waals surface area contributed by atoms with Gasteiger partial charge in [-0.2, -0.15) is 0 Å². The van der Waals surface area contributed by atoms with Crippen LogP contribution in [-0.2, 0) is 0 Å². The van der Waals surface area contributed by atoms with Crippen LogP contribution < -0.4 is 15.0 Å². The molecule has 0 aliphatic rings. The zero-order chi connectivity index (χ0) is 14.1. The number of ether oxygens (including phenoxy) is 1. The Kier molecular flexibility index (Phi) is 6.95. The number of hydrogen-bond donors (Lipinski definition) is 2. The van der Waals surface area contributed by atoms with Crippen LogP contribution in [0, 0.1) is 0 Å². The Morgan fingerprint density at radius 3 is 2.63 bits per heavy atom. The van der Waals surface area contributed by atoms with E-state index in [0.717, 1.165) is 31.7 Å². The zero-order valence-electron chi connectivity index (χ0n) is 12.0. The van der Waals surface area contributed by atoms with Crippen LogP contribution in [0.15, 0.2) is 6.33 Å². The molecular weight excluding hydrogens is 244 g/mol. The highest BCUT2D eigenvalue weighted by atomic mass is 16.5. The first kappa shape index (κ1) is 15.5. The van der Waals surface area contributed by atoms with E-state index in [4.69, 9.17) is 9.84 Å². The average Bonchev–Trinajstić information content (AvgIpc) is 2.44. The molecule has 0 spiro atoms. The number of methoxy groups -OCH3 is 1. The third-order valence-electron chi connectivity index (χ3n) is 2.69. The number of nitrogens with one attached hydrogen (secondary N) is 1. The van der Waals surface area contributed by atoms with Crippen molar-refractivity contribution in [3.63, 3.8) is 0 Å². The molecule has 1 heterocycles. The quantitative estimate of drug-likeness (QED) is 0.707. The molecule has 6 heteroatoms. The second kappa shape index (κ2) is 8.53. The van der Waals surface area contributed by atoms with Gasteiger partial charge in [0, 0.05) is 19.6 Å². The summed E-state index contributed by atoms with van der Waals surface area (Å²) < 4.78 is 5.44. The molecule has 0 aliphatic carbocycles. The number of rotatable bonds is 9. The molecule has 19 heavy (non-hydrogen) atoms. The molecule has 0 unspecified atom stereocenters. The Hall–Kier alpha value is -1.56. The van der Waals surface area contributed by atoms with Crippen molar-refractivity contribution in [2.45, 2.75) is 26.7 Å². The van der Waals surface area contributed by atoms with Crippen molar-refractivity contribution in [3.8, 4) is 5.75 Å². The zero-order valence-corrected chi connectivity index (χ0v) is 12.0. The first-order valence-corrected chi connectivity index (χ1v) is 6.77. The summed E-state index contributed by atoms with van der Waals surface area (Å²) in [5, 5.41) is 12.4. The van der Waals surface area contributed by atoms with Crippen LogP contribution in [0.2, 0.25) is 0 Å². The van der Waals surface area contributed by atoms with Crippen LogP contribution in [0.1, 0.15) is 26.7 Å². The second-order valence-electron chi connectivity index (χ2n) is 4.22. The SMILES string of the molecule is CCCNc1ncnc(N(CCC)CCO)c1OC. The fourth-order valence-corrected chi connectivity index (χ4v) is 1.86. The fraction of sp³-hybridized carbons (Fsp3) is 0.692. The minimum atomic E-state index is 0.0882. The number of nitrogens with zero attached hydrogens (tertiary/aromatic N) is 3. The minimum absolute atomic E-state index is 0.0882. The maximum atomic E-state index is 9.16. The molecule has 0 atom stereocenters. The van der Waals surface area contributed by atoms with Crippen LogP contribution in [-0.4, -0.2) is 48.4 Å². The molecular formula is C13H24N4O2. The van der Waals surface area contributed by atoms with Crippen LogP contribution in [0.3, 0.4) is 0 Å². The van der Waals surface area contributed by atoms with E-state index >= 15 is 0 Å². The van der Waals surface area contributed by atoms with Crippen LogP contribution in [0.5, 0.6) is 5.75 Å². The number of aliphatic hydroxyl groups excluding tert-OH is 1. The van der Waals surface area contributed by atoms with Crippen LogP contribution >= 0.6 is 0 Å². The van der Waals surface area contributed by atoms with E-state index < -0.39 is 0 Å². The molecule has 108 valence electrons. The summed E-state index contributed by atoms with van der Waals surface area (Å²) >= 11 is 0. The van der Waals surface area contributed by atoms with E-state index in [1.54, 1.807) is 7.11 Å². The molecule has 0 aliphatic heterocycles. The van der Waals surface area contributed by atoms with Crippen molar-refractivity contribution >= 4 is 11.6 Å². The largest absolute Gasteiger partial charge is 0.490 e. The van der Waals surface area contributed by atoms with Gasteiger partial charge >= 0.3 is 0 Å². The normalized spacial score (nSPS) is 10.3. The van der Waals surface area contributed by atoms with Gasteiger partial charge in [-0.3, -0.25) is 0 Å².